The van der Waals surface area contributed by atoms with E-state index in [0.29, 0.717) is 16.3 Å². The minimum atomic E-state index is -0.347. The molecule has 6 heteroatoms. The first-order valence-corrected chi connectivity index (χ1v) is 9.62. The van der Waals surface area contributed by atoms with Gasteiger partial charge >= 0.3 is 5.97 Å². The molecule has 0 fully saturated rings. The van der Waals surface area contributed by atoms with Gasteiger partial charge in [-0.1, -0.05) is 41.6 Å². The summed E-state index contributed by atoms with van der Waals surface area (Å²) in [6, 6.07) is 7.43. The number of carbonyl (C=O) groups excluding carboxylic acids is 1. The Labute approximate surface area is 156 Å². The zero-order valence-electron chi connectivity index (χ0n) is 14.2. The van der Waals surface area contributed by atoms with Crippen LogP contribution in [0, 0.1) is 0 Å². The fourth-order valence-electron chi connectivity index (χ4n) is 3.74. The van der Waals surface area contributed by atoms with Crippen LogP contribution in [0.5, 0.6) is 0 Å². The molecule has 0 amide bonds. The molecule has 0 bridgehead atoms. The molecule has 1 atom stereocenters. The van der Waals surface area contributed by atoms with Gasteiger partial charge in [-0.2, -0.15) is 0 Å². The lowest BCUT2D eigenvalue weighted by atomic mass is 9.92. The maximum atomic E-state index is 12.6. The van der Waals surface area contributed by atoms with Crippen LogP contribution in [-0.2, 0) is 9.53 Å². The number of aliphatic imine (C=N–C) groups is 1. The standard InChI is InChI=1S/C19H19ClN2O2S/c1-11-16(18(23)24-2)17(12-7-3-4-8-13(12)20)22-14-9-5-6-10-15(14)25-19(22)21-11/h3-4,7-8,17H,5-6,9-10H2,1-2H3/t17-/m1/s1. The number of hydrogen-bond donors (Lipinski definition) is 0. The van der Waals surface area contributed by atoms with Crippen molar-refractivity contribution in [1.29, 1.82) is 0 Å². The number of halogens is 1. The lowest BCUT2D eigenvalue weighted by Gasteiger charge is -2.37. The minimum absolute atomic E-state index is 0.285. The molecule has 4 nitrogen and oxygen atoms in total. The topological polar surface area (TPSA) is 41.9 Å². The van der Waals surface area contributed by atoms with E-state index in [4.69, 9.17) is 21.3 Å². The molecule has 25 heavy (non-hydrogen) atoms. The van der Waals surface area contributed by atoms with Gasteiger partial charge in [-0.05, 0) is 44.2 Å². The molecule has 0 radical (unpaired) electrons. The van der Waals surface area contributed by atoms with Crippen LogP contribution in [0.2, 0.25) is 5.02 Å². The molecular weight excluding hydrogens is 356 g/mol. The van der Waals surface area contributed by atoms with E-state index in [1.165, 1.54) is 24.1 Å². The van der Waals surface area contributed by atoms with Gasteiger partial charge in [-0.25, -0.2) is 9.79 Å². The quantitative estimate of drug-likeness (QED) is 0.680. The molecule has 2 heterocycles. The predicted molar refractivity (Wildman–Crippen MR) is 101 cm³/mol. The van der Waals surface area contributed by atoms with E-state index >= 15 is 0 Å². The van der Waals surface area contributed by atoms with E-state index in [0.717, 1.165) is 30.0 Å². The van der Waals surface area contributed by atoms with Crippen molar-refractivity contribution in [3.63, 3.8) is 0 Å². The fourth-order valence-corrected chi connectivity index (χ4v) is 5.26. The summed E-state index contributed by atoms with van der Waals surface area (Å²) in [4.78, 5) is 20.9. The lowest BCUT2D eigenvalue weighted by molar-refractivity contribution is -0.136. The fraction of sp³-hybridized carbons (Fsp3) is 0.368. The summed E-state index contributed by atoms with van der Waals surface area (Å²) in [5.41, 5.74) is 3.47. The third-order valence-electron chi connectivity index (χ3n) is 4.89. The van der Waals surface area contributed by atoms with Gasteiger partial charge < -0.3 is 9.64 Å². The number of fused-ring (bicyclic) bond motifs is 2. The van der Waals surface area contributed by atoms with E-state index in [1.807, 2.05) is 31.2 Å². The van der Waals surface area contributed by atoms with Crippen molar-refractivity contribution in [1.82, 2.24) is 4.90 Å². The van der Waals surface area contributed by atoms with E-state index in [2.05, 4.69) is 4.90 Å². The Balaban J connectivity index is 1.91. The van der Waals surface area contributed by atoms with Crippen molar-refractivity contribution in [2.45, 2.75) is 38.6 Å². The second kappa shape index (κ2) is 6.54. The van der Waals surface area contributed by atoms with Crippen LogP contribution in [0.3, 0.4) is 0 Å². The van der Waals surface area contributed by atoms with Gasteiger partial charge in [-0.3, -0.25) is 0 Å². The first kappa shape index (κ1) is 16.7. The average molecular weight is 375 g/mol. The Morgan fingerprint density at radius 3 is 2.84 bits per heavy atom. The normalized spacial score (nSPS) is 22.6. The molecular formula is C19H19ClN2O2S. The van der Waals surface area contributed by atoms with Crippen LogP contribution in [0.1, 0.15) is 44.2 Å². The molecule has 0 spiro atoms. The van der Waals surface area contributed by atoms with Gasteiger partial charge in [0.15, 0.2) is 5.17 Å². The molecule has 0 unspecified atom stereocenters. The van der Waals surface area contributed by atoms with Crippen LogP contribution in [-0.4, -0.2) is 23.1 Å². The van der Waals surface area contributed by atoms with Crippen LogP contribution in [0.15, 0.2) is 51.1 Å². The summed E-state index contributed by atoms with van der Waals surface area (Å²) in [6.07, 6.45) is 4.46. The Kier molecular flexibility index (Phi) is 4.38. The van der Waals surface area contributed by atoms with Gasteiger partial charge in [-0.15, -0.1) is 0 Å². The summed E-state index contributed by atoms with van der Waals surface area (Å²) in [7, 11) is 1.41. The molecule has 0 N–H and O–H groups in total. The number of methoxy groups -OCH3 is 1. The number of benzene rings is 1. The molecule has 0 saturated heterocycles. The summed E-state index contributed by atoms with van der Waals surface area (Å²) in [5.74, 6) is -0.347. The molecule has 1 aliphatic carbocycles. The smallest absolute Gasteiger partial charge is 0.338 e. The highest BCUT2D eigenvalue weighted by atomic mass is 35.5. The third-order valence-corrected chi connectivity index (χ3v) is 6.39. The number of ether oxygens (including phenoxy) is 1. The van der Waals surface area contributed by atoms with Crippen LogP contribution >= 0.6 is 23.4 Å². The van der Waals surface area contributed by atoms with E-state index in [1.54, 1.807) is 11.8 Å². The number of hydrogen-bond acceptors (Lipinski definition) is 5. The monoisotopic (exact) mass is 374 g/mol. The maximum absolute atomic E-state index is 12.6. The van der Waals surface area contributed by atoms with Crippen LogP contribution < -0.4 is 0 Å². The number of thioether (sulfide) groups is 1. The highest BCUT2D eigenvalue weighted by molar-refractivity contribution is 8.17. The molecule has 0 aromatic heterocycles. The molecule has 1 aromatic rings. The van der Waals surface area contributed by atoms with Crippen molar-refractivity contribution in [2.24, 2.45) is 4.99 Å². The number of allylic oxidation sites excluding steroid dienone is 3. The third kappa shape index (κ3) is 2.70. The molecule has 3 aliphatic rings. The zero-order valence-corrected chi connectivity index (χ0v) is 15.8. The Hall–Kier alpha value is -1.72. The molecule has 0 saturated carbocycles. The average Bonchev–Trinajstić information content (AvgIpc) is 2.98. The van der Waals surface area contributed by atoms with Gasteiger partial charge in [0.05, 0.1) is 24.4 Å². The number of esters is 1. The van der Waals surface area contributed by atoms with Crippen LogP contribution in [0.4, 0.5) is 0 Å². The Morgan fingerprint density at radius 1 is 1.32 bits per heavy atom. The van der Waals surface area contributed by atoms with Gasteiger partial charge in [0.25, 0.3) is 0 Å². The van der Waals surface area contributed by atoms with Gasteiger partial charge in [0.1, 0.15) is 0 Å². The second-order valence-electron chi connectivity index (χ2n) is 6.36. The van der Waals surface area contributed by atoms with Crippen molar-refractivity contribution >= 4 is 34.5 Å². The van der Waals surface area contributed by atoms with E-state index in [-0.39, 0.29) is 12.0 Å². The SMILES string of the molecule is COC(=O)C1=C(C)N=C2SC3=C(CCCC3)N2[C@@H]1c1ccccc1Cl. The number of amidine groups is 1. The second-order valence-corrected chi connectivity index (χ2v) is 7.83. The summed E-state index contributed by atoms with van der Waals surface area (Å²) in [6.45, 7) is 1.87. The number of carbonyl (C=O) groups is 1. The zero-order chi connectivity index (χ0) is 17.6. The summed E-state index contributed by atoms with van der Waals surface area (Å²) in [5, 5.41) is 1.60. The summed E-state index contributed by atoms with van der Waals surface area (Å²) < 4.78 is 5.08. The molecule has 2 aliphatic heterocycles. The van der Waals surface area contributed by atoms with Crippen LogP contribution in [0.25, 0.3) is 0 Å². The summed E-state index contributed by atoms with van der Waals surface area (Å²) >= 11 is 8.25. The highest BCUT2D eigenvalue weighted by Gasteiger charge is 2.43. The lowest BCUT2D eigenvalue weighted by Crippen LogP contribution is -2.36. The predicted octanol–water partition coefficient (Wildman–Crippen LogP) is 5.03. The first-order chi connectivity index (χ1) is 12.1. The maximum Gasteiger partial charge on any atom is 0.338 e. The molecule has 4 rings (SSSR count). The largest absolute Gasteiger partial charge is 0.466 e. The minimum Gasteiger partial charge on any atom is -0.466 e. The number of rotatable bonds is 2. The Bertz CT molecular complexity index is 844. The van der Waals surface area contributed by atoms with E-state index < -0.39 is 0 Å². The molecule has 1 aromatic carbocycles. The van der Waals surface area contributed by atoms with Crippen molar-refractivity contribution in [3.8, 4) is 0 Å². The van der Waals surface area contributed by atoms with E-state index in [9.17, 15) is 4.79 Å². The van der Waals surface area contributed by atoms with Crippen molar-refractivity contribution in [2.75, 3.05) is 7.11 Å². The number of nitrogens with zero attached hydrogens (tertiary/aromatic N) is 2. The van der Waals surface area contributed by atoms with Gasteiger partial charge in [0.2, 0.25) is 0 Å². The highest BCUT2D eigenvalue weighted by Crippen LogP contribution is 2.51. The Morgan fingerprint density at radius 2 is 2.08 bits per heavy atom. The molecule has 130 valence electrons. The van der Waals surface area contributed by atoms with Crippen molar-refractivity contribution < 1.29 is 9.53 Å². The van der Waals surface area contributed by atoms with Gasteiger partial charge in [0, 0.05) is 15.6 Å². The first-order valence-electron chi connectivity index (χ1n) is 8.43. The van der Waals surface area contributed by atoms with Crippen molar-refractivity contribution in [3.05, 3.63) is 56.7 Å².